The Balaban J connectivity index is 2.51. The first-order valence-corrected chi connectivity index (χ1v) is 6.18. The summed E-state index contributed by atoms with van der Waals surface area (Å²) in [4.78, 5) is 22.2. The van der Waals surface area contributed by atoms with Crippen LogP contribution < -0.4 is 5.32 Å². The molecule has 19 heavy (non-hydrogen) atoms. The average Bonchev–Trinajstić information content (AvgIpc) is 2.26. The Bertz CT molecular complexity index is 454. The molecule has 0 spiro atoms. The van der Waals surface area contributed by atoms with Crippen molar-refractivity contribution in [2.24, 2.45) is 0 Å². The van der Waals surface area contributed by atoms with E-state index in [-0.39, 0.29) is 23.9 Å². The van der Waals surface area contributed by atoms with Gasteiger partial charge in [0.25, 0.3) is 5.91 Å². The van der Waals surface area contributed by atoms with Crippen molar-refractivity contribution in [1.29, 1.82) is 0 Å². The van der Waals surface area contributed by atoms with Crippen molar-refractivity contribution in [2.75, 3.05) is 0 Å². The Hall–Kier alpha value is -1.91. The summed E-state index contributed by atoms with van der Waals surface area (Å²) in [5.74, 6) is -1.63. The van der Waals surface area contributed by atoms with Crippen LogP contribution in [-0.4, -0.2) is 23.0 Å². The van der Waals surface area contributed by atoms with Gasteiger partial charge in [-0.1, -0.05) is 0 Å². The van der Waals surface area contributed by atoms with E-state index >= 15 is 0 Å². The first-order valence-electron chi connectivity index (χ1n) is 6.18. The van der Waals surface area contributed by atoms with E-state index in [1.165, 1.54) is 12.1 Å². The standard InChI is InChI=1S/C14H18FNO3/c1-9-6-11(8-12(15)7-9)14(19)16-10(2)4-3-5-13(17)18/h6-8,10H,3-5H2,1-2H3,(H,16,19)(H,17,18). The molecule has 1 atom stereocenters. The predicted molar refractivity (Wildman–Crippen MR) is 69.6 cm³/mol. The summed E-state index contributed by atoms with van der Waals surface area (Å²) < 4.78 is 13.2. The summed E-state index contributed by atoms with van der Waals surface area (Å²) in [7, 11) is 0. The number of hydrogen-bond donors (Lipinski definition) is 2. The number of hydrogen-bond acceptors (Lipinski definition) is 2. The Kier molecular flexibility index (Phi) is 5.48. The zero-order valence-electron chi connectivity index (χ0n) is 11.1. The summed E-state index contributed by atoms with van der Waals surface area (Å²) in [6, 6.07) is 4.01. The smallest absolute Gasteiger partial charge is 0.303 e. The number of aliphatic carboxylic acids is 1. The molecule has 0 fully saturated rings. The molecule has 0 radical (unpaired) electrons. The number of carboxylic acid groups (broad SMARTS) is 1. The van der Waals surface area contributed by atoms with Crippen molar-refractivity contribution in [3.8, 4) is 0 Å². The second-order valence-electron chi connectivity index (χ2n) is 4.68. The van der Waals surface area contributed by atoms with Crippen LogP contribution >= 0.6 is 0 Å². The van der Waals surface area contributed by atoms with E-state index in [0.717, 1.165) is 0 Å². The molecule has 0 heterocycles. The third-order valence-electron chi connectivity index (χ3n) is 2.71. The lowest BCUT2D eigenvalue weighted by molar-refractivity contribution is -0.137. The summed E-state index contributed by atoms with van der Waals surface area (Å²) >= 11 is 0. The molecule has 1 rings (SSSR count). The highest BCUT2D eigenvalue weighted by Crippen LogP contribution is 2.09. The molecule has 0 saturated heterocycles. The predicted octanol–water partition coefficient (Wildman–Crippen LogP) is 2.51. The first kappa shape index (κ1) is 15.1. The van der Waals surface area contributed by atoms with Gasteiger partial charge in [-0.05, 0) is 50.5 Å². The van der Waals surface area contributed by atoms with E-state index in [1.807, 2.05) is 0 Å². The molecule has 1 unspecified atom stereocenters. The summed E-state index contributed by atoms with van der Waals surface area (Å²) in [5.41, 5.74) is 0.964. The van der Waals surface area contributed by atoms with E-state index in [0.29, 0.717) is 18.4 Å². The van der Waals surface area contributed by atoms with Gasteiger partial charge in [0.05, 0.1) is 0 Å². The number of carboxylic acids is 1. The van der Waals surface area contributed by atoms with Crippen molar-refractivity contribution < 1.29 is 19.1 Å². The number of amides is 1. The van der Waals surface area contributed by atoms with Crippen molar-refractivity contribution in [3.05, 3.63) is 35.1 Å². The van der Waals surface area contributed by atoms with Crippen LogP contribution in [0.1, 0.15) is 42.1 Å². The zero-order valence-corrected chi connectivity index (χ0v) is 11.1. The maximum atomic E-state index is 13.2. The van der Waals surface area contributed by atoms with Crippen LogP contribution in [0.3, 0.4) is 0 Å². The van der Waals surface area contributed by atoms with E-state index in [2.05, 4.69) is 5.32 Å². The highest BCUT2D eigenvalue weighted by Gasteiger charge is 2.11. The highest BCUT2D eigenvalue weighted by molar-refractivity contribution is 5.94. The highest BCUT2D eigenvalue weighted by atomic mass is 19.1. The summed E-state index contributed by atoms with van der Waals surface area (Å²) in [5, 5.41) is 11.2. The van der Waals surface area contributed by atoms with Gasteiger partial charge in [-0.3, -0.25) is 9.59 Å². The van der Waals surface area contributed by atoms with Gasteiger partial charge in [0.1, 0.15) is 5.82 Å². The van der Waals surface area contributed by atoms with Crippen LogP contribution in [0.15, 0.2) is 18.2 Å². The van der Waals surface area contributed by atoms with Crippen LogP contribution in [0.4, 0.5) is 4.39 Å². The fourth-order valence-corrected chi connectivity index (χ4v) is 1.81. The molecule has 1 amide bonds. The van der Waals surface area contributed by atoms with E-state index in [9.17, 15) is 14.0 Å². The van der Waals surface area contributed by atoms with E-state index < -0.39 is 11.8 Å². The van der Waals surface area contributed by atoms with Gasteiger partial charge < -0.3 is 10.4 Å². The van der Waals surface area contributed by atoms with Crippen molar-refractivity contribution in [1.82, 2.24) is 5.32 Å². The normalized spacial score (nSPS) is 11.9. The molecular weight excluding hydrogens is 249 g/mol. The number of rotatable bonds is 6. The largest absolute Gasteiger partial charge is 0.481 e. The molecular formula is C14H18FNO3. The number of benzene rings is 1. The summed E-state index contributed by atoms with van der Waals surface area (Å²) in [6.45, 7) is 3.52. The average molecular weight is 267 g/mol. The Morgan fingerprint density at radius 3 is 2.63 bits per heavy atom. The van der Waals surface area contributed by atoms with Gasteiger partial charge in [0.2, 0.25) is 0 Å². The minimum Gasteiger partial charge on any atom is -0.481 e. The number of nitrogens with one attached hydrogen (secondary N) is 1. The van der Waals surface area contributed by atoms with Crippen LogP contribution in [0.2, 0.25) is 0 Å². The van der Waals surface area contributed by atoms with Crippen LogP contribution in [-0.2, 0) is 4.79 Å². The molecule has 0 aliphatic carbocycles. The lowest BCUT2D eigenvalue weighted by Crippen LogP contribution is -2.32. The number of carbonyl (C=O) groups excluding carboxylic acids is 1. The molecule has 5 heteroatoms. The van der Waals surface area contributed by atoms with Crippen LogP contribution in [0, 0.1) is 12.7 Å². The Labute approximate surface area is 111 Å². The summed E-state index contributed by atoms with van der Waals surface area (Å²) in [6.07, 6.45) is 1.16. The molecule has 0 saturated carbocycles. The maximum Gasteiger partial charge on any atom is 0.303 e. The molecule has 0 aliphatic rings. The van der Waals surface area contributed by atoms with Crippen LogP contribution in [0.25, 0.3) is 0 Å². The number of aryl methyl sites for hydroxylation is 1. The molecule has 1 aromatic rings. The molecule has 0 aromatic heterocycles. The zero-order chi connectivity index (χ0) is 14.4. The van der Waals surface area contributed by atoms with Crippen molar-refractivity contribution in [3.63, 3.8) is 0 Å². The molecule has 104 valence electrons. The maximum absolute atomic E-state index is 13.2. The SMILES string of the molecule is Cc1cc(F)cc(C(=O)NC(C)CCCC(=O)O)c1. The van der Waals surface area contributed by atoms with E-state index in [1.54, 1.807) is 19.9 Å². The topological polar surface area (TPSA) is 66.4 Å². The second-order valence-corrected chi connectivity index (χ2v) is 4.68. The van der Waals surface area contributed by atoms with Gasteiger partial charge in [0, 0.05) is 18.0 Å². The molecule has 1 aromatic carbocycles. The molecule has 2 N–H and O–H groups in total. The van der Waals surface area contributed by atoms with Gasteiger partial charge >= 0.3 is 5.97 Å². The third kappa shape index (κ3) is 5.50. The first-order chi connectivity index (χ1) is 8.88. The quantitative estimate of drug-likeness (QED) is 0.832. The van der Waals surface area contributed by atoms with Gasteiger partial charge in [-0.2, -0.15) is 0 Å². The second kappa shape index (κ2) is 6.87. The fourth-order valence-electron chi connectivity index (χ4n) is 1.81. The Morgan fingerprint density at radius 1 is 1.37 bits per heavy atom. The van der Waals surface area contributed by atoms with Crippen molar-refractivity contribution in [2.45, 2.75) is 39.2 Å². The lowest BCUT2D eigenvalue weighted by Gasteiger charge is -2.13. The molecule has 0 bridgehead atoms. The van der Waals surface area contributed by atoms with Crippen LogP contribution in [0.5, 0.6) is 0 Å². The molecule has 0 aliphatic heterocycles. The number of carbonyl (C=O) groups is 2. The Morgan fingerprint density at radius 2 is 2.05 bits per heavy atom. The van der Waals surface area contributed by atoms with Gasteiger partial charge in [-0.15, -0.1) is 0 Å². The lowest BCUT2D eigenvalue weighted by atomic mass is 10.1. The van der Waals surface area contributed by atoms with Crippen molar-refractivity contribution >= 4 is 11.9 Å². The monoisotopic (exact) mass is 267 g/mol. The fraction of sp³-hybridized carbons (Fsp3) is 0.429. The minimum atomic E-state index is -0.848. The van der Waals surface area contributed by atoms with Gasteiger partial charge in [-0.25, -0.2) is 4.39 Å². The van der Waals surface area contributed by atoms with E-state index in [4.69, 9.17) is 5.11 Å². The molecule has 4 nitrogen and oxygen atoms in total. The minimum absolute atomic E-state index is 0.0826. The third-order valence-corrected chi connectivity index (χ3v) is 2.71. The van der Waals surface area contributed by atoms with Gasteiger partial charge in [0.15, 0.2) is 0 Å². The number of halogens is 1.